The van der Waals surface area contributed by atoms with Crippen molar-refractivity contribution in [1.29, 1.82) is 0 Å². The number of hydrogen-bond acceptors (Lipinski definition) is 5. The Morgan fingerprint density at radius 2 is 2.36 bits per heavy atom. The number of rotatable bonds is 4. The van der Waals surface area contributed by atoms with Crippen LogP contribution in [0.4, 0.5) is 5.13 Å². The third-order valence-corrected chi connectivity index (χ3v) is 5.08. The molecule has 1 aliphatic rings. The van der Waals surface area contributed by atoms with Gasteiger partial charge >= 0.3 is 0 Å². The van der Waals surface area contributed by atoms with Crippen LogP contribution >= 0.6 is 11.3 Å². The minimum atomic E-state index is -0.310. The molecule has 2 atom stereocenters. The Kier molecular flexibility index (Phi) is 4.71. The molecule has 0 saturated carbocycles. The molecule has 1 saturated heterocycles. The molecular formula is C16H21N3O2S. The second-order valence-electron chi connectivity index (χ2n) is 5.91. The molecule has 2 aromatic rings. The Balaban J connectivity index is 1.58. The van der Waals surface area contributed by atoms with Crippen molar-refractivity contribution in [2.75, 3.05) is 25.0 Å². The van der Waals surface area contributed by atoms with Crippen LogP contribution in [-0.2, 0) is 4.79 Å². The molecule has 6 heteroatoms. The predicted molar refractivity (Wildman–Crippen MR) is 89.1 cm³/mol. The van der Waals surface area contributed by atoms with E-state index < -0.39 is 0 Å². The van der Waals surface area contributed by atoms with Crippen LogP contribution in [0.15, 0.2) is 24.3 Å². The molecule has 2 heterocycles. The van der Waals surface area contributed by atoms with Gasteiger partial charge in [-0.2, -0.15) is 0 Å². The highest BCUT2D eigenvalue weighted by atomic mass is 32.1. The number of aliphatic hydroxyl groups is 1. The summed E-state index contributed by atoms with van der Waals surface area (Å²) < 4.78 is 1.07. The standard InChI is InChI=1S/C16H21N3O2S/c1-11(20)12-5-4-8-19(9-12)10-15(21)18-16-17-13-6-2-3-7-14(13)22-16/h2-3,6-7,11-12,20H,4-5,8-10H2,1H3,(H,17,18,21). The first-order chi connectivity index (χ1) is 10.6. The van der Waals surface area contributed by atoms with E-state index in [0.717, 1.165) is 36.1 Å². The summed E-state index contributed by atoms with van der Waals surface area (Å²) in [7, 11) is 0. The number of anilines is 1. The number of para-hydroxylation sites is 1. The van der Waals surface area contributed by atoms with Crippen molar-refractivity contribution in [3.8, 4) is 0 Å². The average Bonchev–Trinajstić information content (AvgIpc) is 2.89. The molecule has 2 unspecified atom stereocenters. The van der Waals surface area contributed by atoms with Crippen LogP contribution in [-0.4, -0.2) is 46.6 Å². The largest absolute Gasteiger partial charge is 0.393 e. The van der Waals surface area contributed by atoms with Crippen LogP contribution in [0.3, 0.4) is 0 Å². The molecule has 118 valence electrons. The topological polar surface area (TPSA) is 65.5 Å². The highest BCUT2D eigenvalue weighted by Gasteiger charge is 2.24. The maximum Gasteiger partial charge on any atom is 0.240 e. The lowest BCUT2D eigenvalue weighted by molar-refractivity contribution is -0.118. The molecule has 3 rings (SSSR count). The number of benzene rings is 1. The quantitative estimate of drug-likeness (QED) is 0.908. The van der Waals surface area contributed by atoms with Crippen LogP contribution in [0.25, 0.3) is 10.2 Å². The minimum absolute atomic E-state index is 0.0368. The van der Waals surface area contributed by atoms with E-state index in [0.29, 0.717) is 11.7 Å². The van der Waals surface area contributed by atoms with E-state index in [1.54, 1.807) is 0 Å². The first kappa shape index (κ1) is 15.4. The third-order valence-electron chi connectivity index (χ3n) is 4.13. The molecule has 0 bridgehead atoms. The van der Waals surface area contributed by atoms with Crippen molar-refractivity contribution in [2.45, 2.75) is 25.9 Å². The predicted octanol–water partition coefficient (Wildman–Crippen LogP) is 2.33. The summed E-state index contributed by atoms with van der Waals surface area (Å²) in [5, 5.41) is 13.2. The van der Waals surface area contributed by atoms with Crippen LogP contribution in [0, 0.1) is 5.92 Å². The van der Waals surface area contributed by atoms with Gasteiger partial charge in [0.25, 0.3) is 0 Å². The molecule has 0 aliphatic carbocycles. The molecule has 0 spiro atoms. The molecule has 5 nitrogen and oxygen atoms in total. The SMILES string of the molecule is CC(O)C1CCCN(CC(=O)Nc2nc3ccccc3s2)C1. The van der Waals surface area contributed by atoms with Gasteiger partial charge in [-0.05, 0) is 44.4 Å². The molecule has 1 amide bonds. The minimum Gasteiger partial charge on any atom is -0.393 e. The Hall–Kier alpha value is -1.50. The van der Waals surface area contributed by atoms with E-state index >= 15 is 0 Å². The Labute approximate surface area is 134 Å². The van der Waals surface area contributed by atoms with Crippen molar-refractivity contribution in [1.82, 2.24) is 9.88 Å². The van der Waals surface area contributed by atoms with Crippen LogP contribution < -0.4 is 5.32 Å². The fourth-order valence-corrected chi connectivity index (χ4v) is 3.80. The van der Waals surface area contributed by atoms with Gasteiger partial charge in [-0.25, -0.2) is 4.98 Å². The van der Waals surface area contributed by atoms with Crippen molar-refractivity contribution in [3.05, 3.63) is 24.3 Å². The van der Waals surface area contributed by atoms with Crippen molar-refractivity contribution in [2.24, 2.45) is 5.92 Å². The lowest BCUT2D eigenvalue weighted by atomic mass is 9.93. The number of fused-ring (bicyclic) bond motifs is 1. The zero-order valence-corrected chi connectivity index (χ0v) is 13.5. The highest BCUT2D eigenvalue weighted by molar-refractivity contribution is 7.22. The van der Waals surface area contributed by atoms with E-state index in [2.05, 4.69) is 15.2 Å². The van der Waals surface area contributed by atoms with Crippen LogP contribution in [0.1, 0.15) is 19.8 Å². The van der Waals surface area contributed by atoms with Crippen molar-refractivity contribution >= 4 is 32.6 Å². The first-order valence-electron chi connectivity index (χ1n) is 7.67. The number of thiazole rings is 1. The molecule has 22 heavy (non-hydrogen) atoms. The van der Waals surface area contributed by atoms with Gasteiger partial charge in [-0.1, -0.05) is 23.5 Å². The number of nitrogens with one attached hydrogen (secondary N) is 1. The second kappa shape index (κ2) is 6.73. The number of carbonyl (C=O) groups is 1. The van der Waals surface area contributed by atoms with E-state index in [1.807, 2.05) is 31.2 Å². The molecule has 1 aliphatic heterocycles. The summed E-state index contributed by atoms with van der Waals surface area (Å²) in [6.45, 7) is 3.88. The summed E-state index contributed by atoms with van der Waals surface area (Å²) in [6.07, 6.45) is 1.76. The third kappa shape index (κ3) is 3.63. The fourth-order valence-electron chi connectivity index (χ4n) is 2.92. The van der Waals surface area contributed by atoms with E-state index in [1.165, 1.54) is 11.3 Å². The Morgan fingerprint density at radius 3 is 3.14 bits per heavy atom. The first-order valence-corrected chi connectivity index (χ1v) is 8.49. The van der Waals surface area contributed by atoms with Gasteiger partial charge in [-0.3, -0.25) is 9.69 Å². The van der Waals surface area contributed by atoms with Crippen molar-refractivity contribution < 1.29 is 9.90 Å². The van der Waals surface area contributed by atoms with Gasteiger partial charge in [0, 0.05) is 6.54 Å². The van der Waals surface area contributed by atoms with E-state index in [-0.39, 0.29) is 17.9 Å². The van der Waals surface area contributed by atoms with Gasteiger partial charge in [0.15, 0.2) is 5.13 Å². The van der Waals surface area contributed by atoms with Crippen molar-refractivity contribution in [3.63, 3.8) is 0 Å². The van der Waals surface area contributed by atoms with E-state index in [4.69, 9.17) is 0 Å². The Bertz CT molecular complexity index is 623. The number of aromatic nitrogens is 1. The maximum absolute atomic E-state index is 12.2. The number of amides is 1. The summed E-state index contributed by atoms with van der Waals surface area (Å²) in [5.74, 6) is 0.231. The number of nitrogens with zero attached hydrogens (tertiary/aromatic N) is 2. The summed E-state index contributed by atoms with van der Waals surface area (Å²) in [4.78, 5) is 18.7. The monoisotopic (exact) mass is 319 g/mol. The molecule has 1 aromatic heterocycles. The van der Waals surface area contributed by atoms with Gasteiger partial charge in [0.05, 0.1) is 22.9 Å². The zero-order chi connectivity index (χ0) is 15.5. The summed E-state index contributed by atoms with van der Waals surface area (Å²) in [6, 6.07) is 7.85. The Morgan fingerprint density at radius 1 is 1.55 bits per heavy atom. The maximum atomic E-state index is 12.2. The lowest BCUT2D eigenvalue weighted by Gasteiger charge is -2.33. The smallest absolute Gasteiger partial charge is 0.240 e. The van der Waals surface area contributed by atoms with Gasteiger partial charge in [0.1, 0.15) is 0 Å². The van der Waals surface area contributed by atoms with Crippen LogP contribution in [0.2, 0.25) is 0 Å². The molecule has 1 fully saturated rings. The fraction of sp³-hybridized carbons (Fsp3) is 0.500. The van der Waals surface area contributed by atoms with Gasteiger partial charge in [0.2, 0.25) is 5.91 Å². The van der Waals surface area contributed by atoms with Crippen LogP contribution in [0.5, 0.6) is 0 Å². The van der Waals surface area contributed by atoms with Gasteiger partial charge in [-0.15, -0.1) is 0 Å². The number of hydrogen-bond donors (Lipinski definition) is 2. The summed E-state index contributed by atoms with van der Waals surface area (Å²) >= 11 is 1.49. The average molecular weight is 319 g/mol. The lowest BCUT2D eigenvalue weighted by Crippen LogP contribution is -2.43. The normalized spacial score (nSPS) is 20.9. The number of aliphatic hydroxyl groups excluding tert-OH is 1. The number of piperidine rings is 1. The molecule has 2 N–H and O–H groups in total. The zero-order valence-electron chi connectivity index (χ0n) is 12.7. The summed E-state index contributed by atoms with van der Waals surface area (Å²) in [5.41, 5.74) is 0.912. The molecule has 0 radical (unpaired) electrons. The van der Waals surface area contributed by atoms with Gasteiger partial charge < -0.3 is 10.4 Å². The highest BCUT2D eigenvalue weighted by Crippen LogP contribution is 2.25. The second-order valence-corrected chi connectivity index (χ2v) is 6.94. The molecular weight excluding hydrogens is 298 g/mol. The van der Waals surface area contributed by atoms with E-state index in [9.17, 15) is 9.90 Å². The molecule has 1 aromatic carbocycles. The number of carbonyl (C=O) groups excluding carboxylic acids is 1. The number of likely N-dealkylation sites (tertiary alicyclic amines) is 1.